The highest BCUT2D eigenvalue weighted by Gasteiger charge is 2.25. The van der Waals surface area contributed by atoms with Gasteiger partial charge in [-0.25, -0.2) is 0 Å². The SMILES string of the molecule is CCCC(C)(C)NCC1CO1.Cl. The van der Waals surface area contributed by atoms with Crippen molar-refractivity contribution < 1.29 is 4.74 Å². The van der Waals surface area contributed by atoms with Crippen molar-refractivity contribution in [3.8, 4) is 0 Å². The molecule has 0 aliphatic carbocycles. The minimum Gasteiger partial charge on any atom is -0.372 e. The van der Waals surface area contributed by atoms with Gasteiger partial charge in [0.15, 0.2) is 0 Å². The van der Waals surface area contributed by atoms with E-state index in [9.17, 15) is 0 Å². The topological polar surface area (TPSA) is 24.6 Å². The van der Waals surface area contributed by atoms with Crippen LogP contribution in [0.5, 0.6) is 0 Å². The van der Waals surface area contributed by atoms with Gasteiger partial charge in [0.1, 0.15) is 0 Å². The molecule has 0 aromatic rings. The Morgan fingerprint density at radius 3 is 2.50 bits per heavy atom. The first-order valence-corrected chi connectivity index (χ1v) is 4.51. The molecule has 3 heteroatoms. The molecule has 1 aliphatic heterocycles. The zero-order chi connectivity index (χ0) is 8.32. The fraction of sp³-hybridized carbons (Fsp3) is 1.00. The normalized spacial score (nSPS) is 21.8. The maximum Gasteiger partial charge on any atom is 0.0934 e. The zero-order valence-electron chi connectivity index (χ0n) is 8.22. The smallest absolute Gasteiger partial charge is 0.0934 e. The van der Waals surface area contributed by atoms with E-state index in [-0.39, 0.29) is 12.4 Å². The largest absolute Gasteiger partial charge is 0.372 e. The lowest BCUT2D eigenvalue weighted by Crippen LogP contribution is -2.41. The van der Waals surface area contributed by atoms with Gasteiger partial charge in [-0.05, 0) is 20.3 Å². The maximum atomic E-state index is 5.12. The van der Waals surface area contributed by atoms with Gasteiger partial charge >= 0.3 is 0 Å². The van der Waals surface area contributed by atoms with Gasteiger partial charge in [-0.15, -0.1) is 12.4 Å². The van der Waals surface area contributed by atoms with E-state index in [4.69, 9.17) is 4.74 Å². The van der Waals surface area contributed by atoms with Crippen LogP contribution in [0.15, 0.2) is 0 Å². The fourth-order valence-corrected chi connectivity index (χ4v) is 1.29. The lowest BCUT2D eigenvalue weighted by atomic mass is 9.99. The summed E-state index contributed by atoms with van der Waals surface area (Å²) in [4.78, 5) is 0. The predicted octanol–water partition coefficient (Wildman–Crippen LogP) is 1.98. The van der Waals surface area contributed by atoms with Crippen molar-refractivity contribution in [3.05, 3.63) is 0 Å². The minimum absolute atomic E-state index is 0. The number of hydrogen-bond acceptors (Lipinski definition) is 2. The summed E-state index contributed by atoms with van der Waals surface area (Å²) >= 11 is 0. The van der Waals surface area contributed by atoms with Crippen molar-refractivity contribution in [3.63, 3.8) is 0 Å². The van der Waals surface area contributed by atoms with E-state index in [1.54, 1.807) is 0 Å². The average molecular weight is 194 g/mol. The first-order valence-electron chi connectivity index (χ1n) is 4.51. The molecule has 1 rings (SSSR count). The third-order valence-corrected chi connectivity index (χ3v) is 2.09. The van der Waals surface area contributed by atoms with Crippen molar-refractivity contribution in [1.82, 2.24) is 5.32 Å². The van der Waals surface area contributed by atoms with Gasteiger partial charge in [0, 0.05) is 12.1 Å². The molecule has 1 aliphatic rings. The molecule has 1 fully saturated rings. The molecule has 0 saturated carbocycles. The molecular weight excluding hydrogens is 174 g/mol. The molecule has 0 spiro atoms. The molecule has 12 heavy (non-hydrogen) atoms. The molecule has 0 aromatic carbocycles. The zero-order valence-corrected chi connectivity index (χ0v) is 9.04. The van der Waals surface area contributed by atoms with Crippen molar-refractivity contribution in [2.24, 2.45) is 0 Å². The highest BCUT2D eigenvalue weighted by Crippen LogP contribution is 2.13. The molecule has 1 N–H and O–H groups in total. The second-order valence-corrected chi connectivity index (χ2v) is 3.97. The van der Waals surface area contributed by atoms with Crippen LogP contribution in [0.2, 0.25) is 0 Å². The summed E-state index contributed by atoms with van der Waals surface area (Å²) in [6.07, 6.45) is 2.98. The van der Waals surface area contributed by atoms with Crippen LogP contribution in [0, 0.1) is 0 Å². The summed E-state index contributed by atoms with van der Waals surface area (Å²) < 4.78 is 5.12. The third kappa shape index (κ3) is 4.96. The van der Waals surface area contributed by atoms with Crippen molar-refractivity contribution in [2.75, 3.05) is 13.2 Å². The monoisotopic (exact) mass is 193 g/mol. The number of hydrogen-bond donors (Lipinski definition) is 1. The molecule has 1 atom stereocenters. The number of ether oxygens (including phenoxy) is 1. The van der Waals surface area contributed by atoms with Gasteiger partial charge in [-0.3, -0.25) is 0 Å². The van der Waals surface area contributed by atoms with Gasteiger partial charge in [-0.2, -0.15) is 0 Å². The highest BCUT2D eigenvalue weighted by atomic mass is 35.5. The first kappa shape index (κ1) is 12.2. The summed E-state index contributed by atoms with van der Waals surface area (Å²) in [5.41, 5.74) is 0.292. The number of nitrogens with one attached hydrogen (secondary N) is 1. The second kappa shape index (κ2) is 5.05. The van der Waals surface area contributed by atoms with Crippen molar-refractivity contribution in [1.29, 1.82) is 0 Å². The predicted molar refractivity (Wildman–Crippen MR) is 54.0 cm³/mol. The van der Waals surface area contributed by atoms with E-state index in [1.807, 2.05) is 0 Å². The van der Waals surface area contributed by atoms with Crippen LogP contribution in [-0.4, -0.2) is 24.8 Å². The third-order valence-electron chi connectivity index (χ3n) is 2.09. The van der Waals surface area contributed by atoms with E-state index in [0.717, 1.165) is 13.2 Å². The van der Waals surface area contributed by atoms with Gasteiger partial charge in [0.2, 0.25) is 0 Å². The van der Waals surface area contributed by atoms with Gasteiger partial charge < -0.3 is 10.1 Å². The van der Waals surface area contributed by atoms with Gasteiger partial charge in [0.05, 0.1) is 12.7 Å². The Morgan fingerprint density at radius 2 is 2.08 bits per heavy atom. The summed E-state index contributed by atoms with van der Waals surface area (Å²) in [6.45, 7) is 8.69. The summed E-state index contributed by atoms with van der Waals surface area (Å²) in [5, 5.41) is 3.50. The molecule has 1 saturated heterocycles. The Hall–Kier alpha value is 0.210. The minimum atomic E-state index is 0. The average Bonchev–Trinajstić information content (AvgIpc) is 2.65. The van der Waals surface area contributed by atoms with E-state index >= 15 is 0 Å². The number of rotatable bonds is 5. The van der Waals surface area contributed by atoms with Crippen molar-refractivity contribution in [2.45, 2.75) is 45.3 Å². The molecule has 0 radical (unpaired) electrons. The lowest BCUT2D eigenvalue weighted by Gasteiger charge is -2.25. The fourth-order valence-electron chi connectivity index (χ4n) is 1.29. The Morgan fingerprint density at radius 1 is 1.50 bits per heavy atom. The first-order chi connectivity index (χ1) is 5.14. The second-order valence-electron chi connectivity index (χ2n) is 3.97. The molecule has 1 unspecified atom stereocenters. The number of epoxide rings is 1. The van der Waals surface area contributed by atoms with E-state index in [2.05, 4.69) is 26.1 Å². The Balaban J connectivity index is 0.00000121. The summed E-state index contributed by atoms with van der Waals surface area (Å²) in [5.74, 6) is 0. The summed E-state index contributed by atoms with van der Waals surface area (Å²) in [6, 6.07) is 0. The van der Waals surface area contributed by atoms with Crippen LogP contribution in [0.3, 0.4) is 0 Å². The maximum absolute atomic E-state index is 5.12. The molecule has 0 amide bonds. The molecule has 0 bridgehead atoms. The molecular formula is C9H20ClNO. The van der Waals surface area contributed by atoms with Crippen LogP contribution in [0.1, 0.15) is 33.6 Å². The highest BCUT2D eigenvalue weighted by molar-refractivity contribution is 5.85. The molecule has 2 nitrogen and oxygen atoms in total. The molecule has 0 aromatic heterocycles. The Kier molecular flexibility index (Phi) is 5.14. The van der Waals surface area contributed by atoms with E-state index in [0.29, 0.717) is 11.6 Å². The van der Waals surface area contributed by atoms with E-state index < -0.39 is 0 Å². The standard InChI is InChI=1S/C9H19NO.ClH/c1-4-5-9(2,3)10-6-8-7-11-8;/h8,10H,4-7H2,1-3H3;1H. The van der Waals surface area contributed by atoms with Crippen LogP contribution >= 0.6 is 12.4 Å². The summed E-state index contributed by atoms with van der Waals surface area (Å²) in [7, 11) is 0. The van der Waals surface area contributed by atoms with Crippen LogP contribution < -0.4 is 5.32 Å². The van der Waals surface area contributed by atoms with Gasteiger partial charge in [-0.1, -0.05) is 13.3 Å². The van der Waals surface area contributed by atoms with Crippen LogP contribution in [0.25, 0.3) is 0 Å². The van der Waals surface area contributed by atoms with E-state index in [1.165, 1.54) is 12.8 Å². The Bertz CT molecular complexity index is 124. The number of halogens is 1. The van der Waals surface area contributed by atoms with Crippen LogP contribution in [0.4, 0.5) is 0 Å². The molecule has 1 heterocycles. The van der Waals surface area contributed by atoms with Crippen molar-refractivity contribution >= 4 is 12.4 Å². The van der Waals surface area contributed by atoms with Gasteiger partial charge in [0.25, 0.3) is 0 Å². The quantitative estimate of drug-likeness (QED) is 0.676. The lowest BCUT2D eigenvalue weighted by molar-refractivity contribution is 0.324. The Labute approximate surface area is 81.5 Å². The molecule has 74 valence electrons. The van der Waals surface area contributed by atoms with Crippen LogP contribution in [-0.2, 0) is 4.74 Å².